The molecule has 0 radical (unpaired) electrons. The van der Waals surface area contributed by atoms with E-state index in [1.165, 1.54) is 0 Å². The molecule has 1 N–H and O–H groups in total. The quantitative estimate of drug-likeness (QED) is 0.814. The molecule has 2 heterocycles. The maximum atomic E-state index is 13.0. The van der Waals surface area contributed by atoms with E-state index in [0.29, 0.717) is 25.6 Å². The Kier molecular flexibility index (Phi) is 6.37. The molecular formula is C22H30N2O4. The average molecular weight is 386 g/mol. The highest BCUT2D eigenvalue weighted by molar-refractivity contribution is 6.01. The van der Waals surface area contributed by atoms with Crippen LogP contribution in [0.4, 0.5) is 5.69 Å². The van der Waals surface area contributed by atoms with E-state index in [9.17, 15) is 14.4 Å². The second-order valence-electron chi connectivity index (χ2n) is 8.14. The predicted molar refractivity (Wildman–Crippen MR) is 107 cm³/mol. The van der Waals surface area contributed by atoms with Crippen molar-refractivity contribution in [1.82, 2.24) is 4.90 Å². The SMILES string of the molecule is CCC(C)c1ccccc1N1CC(C(=O)N2CCC(CC(=O)O)CC2)CC1=O. The zero-order chi connectivity index (χ0) is 20.3. The van der Waals surface area contributed by atoms with Crippen LogP contribution in [0.3, 0.4) is 0 Å². The van der Waals surface area contributed by atoms with Crippen LogP contribution in [0.15, 0.2) is 24.3 Å². The maximum absolute atomic E-state index is 13.0. The van der Waals surface area contributed by atoms with E-state index in [-0.39, 0.29) is 36.5 Å². The van der Waals surface area contributed by atoms with Crippen molar-refractivity contribution in [2.45, 2.75) is 51.9 Å². The molecule has 2 aliphatic heterocycles. The number of para-hydroxylation sites is 1. The molecule has 1 aromatic carbocycles. The molecule has 6 nitrogen and oxygen atoms in total. The standard InChI is InChI=1S/C22H30N2O4/c1-3-15(2)18-6-4-5-7-19(18)24-14-17(13-20(24)25)22(28)23-10-8-16(9-11-23)12-21(26)27/h4-7,15-17H,3,8-14H2,1-2H3,(H,26,27). The van der Waals surface area contributed by atoms with E-state index in [2.05, 4.69) is 19.9 Å². The number of hydrogen-bond donors (Lipinski definition) is 1. The largest absolute Gasteiger partial charge is 0.481 e. The summed E-state index contributed by atoms with van der Waals surface area (Å²) < 4.78 is 0. The van der Waals surface area contributed by atoms with E-state index in [1.807, 2.05) is 23.1 Å². The van der Waals surface area contributed by atoms with E-state index < -0.39 is 5.97 Å². The summed E-state index contributed by atoms with van der Waals surface area (Å²) in [6, 6.07) is 7.98. The molecule has 2 unspecified atom stereocenters. The van der Waals surface area contributed by atoms with Crippen LogP contribution < -0.4 is 4.90 Å². The lowest BCUT2D eigenvalue weighted by atomic mass is 9.92. The molecule has 1 aromatic rings. The molecule has 3 rings (SSSR count). The molecule has 28 heavy (non-hydrogen) atoms. The van der Waals surface area contributed by atoms with Gasteiger partial charge in [0.25, 0.3) is 0 Å². The first kappa shape index (κ1) is 20.4. The fourth-order valence-corrected chi connectivity index (χ4v) is 4.34. The second-order valence-corrected chi connectivity index (χ2v) is 8.14. The summed E-state index contributed by atoms with van der Waals surface area (Å²) in [5, 5.41) is 8.94. The van der Waals surface area contributed by atoms with Crippen molar-refractivity contribution in [3.63, 3.8) is 0 Å². The lowest BCUT2D eigenvalue weighted by Gasteiger charge is -2.33. The van der Waals surface area contributed by atoms with Gasteiger partial charge < -0.3 is 14.9 Å². The topological polar surface area (TPSA) is 77.9 Å². The first-order valence-corrected chi connectivity index (χ1v) is 10.3. The Labute approximate surface area is 166 Å². The normalized spacial score (nSPS) is 21.8. The molecule has 6 heteroatoms. The van der Waals surface area contributed by atoms with Crippen LogP contribution in [-0.2, 0) is 14.4 Å². The smallest absolute Gasteiger partial charge is 0.303 e. The molecule has 2 amide bonds. The number of anilines is 1. The maximum Gasteiger partial charge on any atom is 0.303 e. The predicted octanol–water partition coefficient (Wildman–Crippen LogP) is 3.27. The molecule has 2 aliphatic rings. The fourth-order valence-electron chi connectivity index (χ4n) is 4.34. The van der Waals surface area contributed by atoms with Crippen molar-refractivity contribution in [2.24, 2.45) is 11.8 Å². The van der Waals surface area contributed by atoms with Crippen LogP contribution in [0.5, 0.6) is 0 Å². The lowest BCUT2D eigenvalue weighted by molar-refractivity contribution is -0.139. The Balaban J connectivity index is 1.65. The number of aliphatic carboxylic acids is 1. The molecule has 152 valence electrons. The van der Waals surface area contributed by atoms with E-state index >= 15 is 0 Å². The summed E-state index contributed by atoms with van der Waals surface area (Å²) in [5.41, 5.74) is 2.08. The van der Waals surface area contributed by atoms with Gasteiger partial charge in [-0.25, -0.2) is 0 Å². The van der Waals surface area contributed by atoms with Gasteiger partial charge in [0.1, 0.15) is 0 Å². The van der Waals surface area contributed by atoms with Gasteiger partial charge in [-0.05, 0) is 42.7 Å². The van der Waals surface area contributed by atoms with Gasteiger partial charge in [0.2, 0.25) is 11.8 Å². The minimum Gasteiger partial charge on any atom is -0.481 e. The summed E-state index contributed by atoms with van der Waals surface area (Å²) in [6.07, 6.45) is 2.86. The number of hydrogen-bond acceptors (Lipinski definition) is 3. The Hall–Kier alpha value is -2.37. The zero-order valence-corrected chi connectivity index (χ0v) is 16.8. The summed E-state index contributed by atoms with van der Waals surface area (Å²) in [6.45, 7) is 5.90. The van der Waals surface area contributed by atoms with Gasteiger partial charge in [-0.3, -0.25) is 14.4 Å². The number of likely N-dealkylation sites (tertiary alicyclic amines) is 1. The lowest BCUT2D eigenvalue weighted by Crippen LogP contribution is -2.42. The van der Waals surface area contributed by atoms with Gasteiger partial charge in [-0.2, -0.15) is 0 Å². The van der Waals surface area contributed by atoms with Gasteiger partial charge in [0, 0.05) is 38.2 Å². The number of amides is 2. The van der Waals surface area contributed by atoms with Gasteiger partial charge in [0.05, 0.1) is 5.92 Å². The number of rotatable bonds is 6. The first-order chi connectivity index (χ1) is 13.4. The minimum absolute atomic E-state index is 0.00914. The van der Waals surface area contributed by atoms with Gasteiger partial charge in [-0.15, -0.1) is 0 Å². The van der Waals surface area contributed by atoms with Crippen LogP contribution >= 0.6 is 0 Å². The Morgan fingerprint density at radius 3 is 2.54 bits per heavy atom. The zero-order valence-electron chi connectivity index (χ0n) is 16.8. The highest BCUT2D eigenvalue weighted by Gasteiger charge is 2.39. The van der Waals surface area contributed by atoms with Crippen molar-refractivity contribution < 1.29 is 19.5 Å². The molecule has 0 saturated carbocycles. The van der Waals surface area contributed by atoms with Crippen molar-refractivity contribution in [2.75, 3.05) is 24.5 Å². The highest BCUT2D eigenvalue weighted by Crippen LogP contribution is 2.34. The number of carboxylic acids is 1. The van der Waals surface area contributed by atoms with Crippen LogP contribution in [-0.4, -0.2) is 47.4 Å². The summed E-state index contributed by atoms with van der Waals surface area (Å²) in [5.74, 6) is -0.548. The van der Waals surface area contributed by atoms with E-state index in [0.717, 1.165) is 30.5 Å². The van der Waals surface area contributed by atoms with Crippen molar-refractivity contribution >= 4 is 23.5 Å². The first-order valence-electron chi connectivity index (χ1n) is 10.3. The third kappa shape index (κ3) is 4.37. The van der Waals surface area contributed by atoms with Crippen molar-refractivity contribution in [1.29, 1.82) is 0 Å². The number of carbonyl (C=O) groups is 3. The third-order valence-corrected chi connectivity index (χ3v) is 6.23. The van der Waals surface area contributed by atoms with E-state index in [1.54, 1.807) is 4.90 Å². The molecule has 0 spiro atoms. The monoisotopic (exact) mass is 386 g/mol. The molecule has 0 aromatic heterocycles. The van der Waals surface area contributed by atoms with Crippen LogP contribution in [0, 0.1) is 11.8 Å². The average Bonchev–Trinajstić information content (AvgIpc) is 3.08. The Morgan fingerprint density at radius 1 is 1.21 bits per heavy atom. The number of carbonyl (C=O) groups excluding carboxylic acids is 2. The van der Waals surface area contributed by atoms with Gasteiger partial charge >= 0.3 is 5.97 Å². The third-order valence-electron chi connectivity index (χ3n) is 6.23. The summed E-state index contributed by atoms with van der Waals surface area (Å²) in [7, 11) is 0. The number of piperidine rings is 1. The molecule has 2 fully saturated rings. The Bertz CT molecular complexity index is 740. The molecule has 2 saturated heterocycles. The Morgan fingerprint density at radius 2 is 1.89 bits per heavy atom. The summed E-state index contributed by atoms with van der Waals surface area (Å²) in [4.78, 5) is 40.1. The van der Waals surface area contributed by atoms with Crippen molar-refractivity contribution in [3.05, 3.63) is 29.8 Å². The van der Waals surface area contributed by atoms with Gasteiger partial charge in [0.15, 0.2) is 0 Å². The number of benzene rings is 1. The molecule has 2 atom stereocenters. The highest BCUT2D eigenvalue weighted by atomic mass is 16.4. The molecule has 0 bridgehead atoms. The van der Waals surface area contributed by atoms with Crippen LogP contribution in [0.25, 0.3) is 0 Å². The minimum atomic E-state index is -0.776. The second kappa shape index (κ2) is 8.76. The van der Waals surface area contributed by atoms with Crippen molar-refractivity contribution in [3.8, 4) is 0 Å². The fraction of sp³-hybridized carbons (Fsp3) is 0.591. The van der Waals surface area contributed by atoms with Crippen LogP contribution in [0.2, 0.25) is 0 Å². The number of carboxylic acid groups (broad SMARTS) is 1. The molecular weight excluding hydrogens is 356 g/mol. The summed E-state index contributed by atoms with van der Waals surface area (Å²) >= 11 is 0. The number of nitrogens with zero attached hydrogens (tertiary/aromatic N) is 2. The van der Waals surface area contributed by atoms with E-state index in [4.69, 9.17) is 5.11 Å². The van der Waals surface area contributed by atoms with Crippen LogP contribution in [0.1, 0.15) is 57.4 Å². The van der Waals surface area contributed by atoms with Gasteiger partial charge in [-0.1, -0.05) is 32.0 Å². The molecule has 0 aliphatic carbocycles.